The van der Waals surface area contributed by atoms with Crippen molar-refractivity contribution in [2.75, 3.05) is 6.61 Å². The van der Waals surface area contributed by atoms with Crippen molar-refractivity contribution >= 4 is 27.9 Å². The SMILES string of the molecule is CCC(CO)CCC[CH2][Na]. The zero-order valence-corrected chi connectivity index (χ0v) is 9.27. The average molecular weight is 152 g/mol. The van der Waals surface area contributed by atoms with Gasteiger partial charge in [0.25, 0.3) is 0 Å². The van der Waals surface area contributed by atoms with Gasteiger partial charge in [-0.2, -0.15) is 0 Å². The van der Waals surface area contributed by atoms with Crippen LogP contribution in [0.15, 0.2) is 0 Å². The van der Waals surface area contributed by atoms with E-state index in [9.17, 15) is 0 Å². The predicted octanol–water partition coefficient (Wildman–Crippen LogP) is 1.76. The fraction of sp³-hybridized carbons (Fsp3) is 1.00. The van der Waals surface area contributed by atoms with Gasteiger partial charge < -0.3 is 0 Å². The van der Waals surface area contributed by atoms with E-state index < -0.39 is 0 Å². The quantitative estimate of drug-likeness (QED) is 0.454. The van der Waals surface area contributed by atoms with Crippen LogP contribution in [-0.2, 0) is 0 Å². The average Bonchev–Trinajstić information content (AvgIpc) is 1.99. The van der Waals surface area contributed by atoms with E-state index in [0.29, 0.717) is 12.5 Å². The number of aliphatic hydroxyl groups is 1. The third-order valence-corrected chi connectivity index (χ3v) is 2.76. The van der Waals surface area contributed by atoms with Gasteiger partial charge >= 0.3 is 81.8 Å². The van der Waals surface area contributed by atoms with Crippen LogP contribution in [-0.4, -0.2) is 39.6 Å². The van der Waals surface area contributed by atoms with E-state index in [-0.39, 0.29) is 0 Å². The maximum absolute atomic E-state index is 8.83. The number of aliphatic hydroxyl groups excluding tert-OH is 1. The van der Waals surface area contributed by atoms with Gasteiger partial charge in [0.15, 0.2) is 0 Å². The third kappa shape index (κ3) is 5.72. The van der Waals surface area contributed by atoms with E-state index >= 15 is 0 Å². The number of rotatable bonds is 6. The van der Waals surface area contributed by atoms with E-state index in [1.807, 2.05) is 0 Å². The molecule has 0 saturated heterocycles. The second-order valence-electron chi connectivity index (χ2n) is 2.95. The predicted molar refractivity (Wildman–Crippen MR) is 45.3 cm³/mol. The normalized spacial score (nSPS) is 13.6. The first kappa shape index (κ1) is 11.0. The van der Waals surface area contributed by atoms with E-state index in [1.165, 1.54) is 50.9 Å². The van der Waals surface area contributed by atoms with Crippen LogP contribution in [0.2, 0.25) is 3.67 Å². The Kier molecular flexibility index (Phi) is 8.83. The molecule has 0 heterocycles. The van der Waals surface area contributed by atoms with E-state index in [2.05, 4.69) is 6.92 Å². The fourth-order valence-electron chi connectivity index (χ4n) is 1.11. The van der Waals surface area contributed by atoms with Crippen molar-refractivity contribution in [3.05, 3.63) is 0 Å². The Labute approximate surface area is 81.6 Å². The van der Waals surface area contributed by atoms with Crippen molar-refractivity contribution in [2.24, 2.45) is 5.92 Å². The Morgan fingerprint density at radius 1 is 1.40 bits per heavy atom. The third-order valence-electron chi connectivity index (χ3n) is 2.05. The molecule has 1 atom stereocenters. The van der Waals surface area contributed by atoms with Gasteiger partial charge in [-0.25, -0.2) is 0 Å². The van der Waals surface area contributed by atoms with Crippen LogP contribution in [0.4, 0.5) is 0 Å². The van der Waals surface area contributed by atoms with Crippen molar-refractivity contribution in [1.29, 1.82) is 0 Å². The molecule has 0 aliphatic rings. The molecule has 0 rings (SSSR count). The summed E-state index contributed by atoms with van der Waals surface area (Å²) < 4.78 is 1.42. The molecule has 0 aromatic carbocycles. The Balaban J connectivity index is 3.09. The van der Waals surface area contributed by atoms with Gasteiger partial charge in [0.2, 0.25) is 0 Å². The van der Waals surface area contributed by atoms with E-state index in [0.717, 1.165) is 6.42 Å². The molecule has 56 valence electrons. The summed E-state index contributed by atoms with van der Waals surface area (Å²) in [7, 11) is 0. The summed E-state index contributed by atoms with van der Waals surface area (Å²) in [6.07, 6.45) is 5.07. The summed E-state index contributed by atoms with van der Waals surface area (Å²) >= 11 is 1.34. The molecule has 0 aromatic rings. The minimum atomic E-state index is 0.387. The molecule has 0 fully saturated rings. The molecular weight excluding hydrogens is 135 g/mol. The molecule has 0 aromatic heterocycles. The van der Waals surface area contributed by atoms with Gasteiger partial charge in [0.05, 0.1) is 0 Å². The topological polar surface area (TPSA) is 20.2 Å². The minimum absolute atomic E-state index is 0.387. The zero-order chi connectivity index (χ0) is 7.82. The number of hydrogen-bond acceptors (Lipinski definition) is 1. The Bertz CT molecular complexity index is 62.3. The molecule has 0 aliphatic carbocycles. The molecule has 0 spiro atoms. The molecule has 1 unspecified atom stereocenters. The van der Waals surface area contributed by atoms with Crippen LogP contribution in [0.5, 0.6) is 0 Å². The molecule has 0 aliphatic heterocycles. The summed E-state index contributed by atoms with van der Waals surface area (Å²) in [5, 5.41) is 8.83. The molecular formula is C8H17NaO. The van der Waals surface area contributed by atoms with Gasteiger partial charge in [-0.05, 0) is 0 Å². The standard InChI is InChI=1S/C8H17O.Na/c1-3-5-6-8(4-2)7-9;/h8-9H,1,3-7H2,2H3;. The molecule has 10 heavy (non-hydrogen) atoms. The summed E-state index contributed by atoms with van der Waals surface area (Å²) in [4.78, 5) is 0. The van der Waals surface area contributed by atoms with Gasteiger partial charge in [-0.1, -0.05) is 0 Å². The molecule has 0 bridgehead atoms. The van der Waals surface area contributed by atoms with Crippen LogP contribution < -0.4 is 0 Å². The summed E-state index contributed by atoms with van der Waals surface area (Å²) in [6.45, 7) is 2.54. The van der Waals surface area contributed by atoms with Crippen molar-refractivity contribution in [3.8, 4) is 0 Å². The summed E-state index contributed by atoms with van der Waals surface area (Å²) in [5.41, 5.74) is 0. The molecule has 0 saturated carbocycles. The molecule has 2 heteroatoms. The van der Waals surface area contributed by atoms with Crippen LogP contribution in [0.1, 0.15) is 32.6 Å². The second-order valence-corrected chi connectivity index (χ2v) is 3.95. The summed E-state index contributed by atoms with van der Waals surface area (Å²) in [6, 6.07) is 0. The van der Waals surface area contributed by atoms with Crippen LogP contribution in [0.25, 0.3) is 0 Å². The van der Waals surface area contributed by atoms with Gasteiger partial charge in [0, 0.05) is 0 Å². The Hall–Kier alpha value is 0.960. The van der Waals surface area contributed by atoms with E-state index in [1.54, 1.807) is 0 Å². The summed E-state index contributed by atoms with van der Waals surface area (Å²) in [5.74, 6) is 0.577. The van der Waals surface area contributed by atoms with Crippen molar-refractivity contribution < 1.29 is 5.11 Å². The first-order valence-electron chi connectivity index (χ1n) is 4.46. The van der Waals surface area contributed by atoms with Gasteiger partial charge in [0.1, 0.15) is 0 Å². The Morgan fingerprint density at radius 3 is 2.50 bits per heavy atom. The molecule has 0 radical (unpaired) electrons. The van der Waals surface area contributed by atoms with Crippen molar-refractivity contribution in [3.63, 3.8) is 0 Å². The van der Waals surface area contributed by atoms with Crippen LogP contribution >= 0.6 is 0 Å². The maximum atomic E-state index is 8.83. The second kappa shape index (κ2) is 8.06. The van der Waals surface area contributed by atoms with Crippen molar-refractivity contribution in [2.45, 2.75) is 36.3 Å². The first-order valence-corrected chi connectivity index (χ1v) is 5.87. The van der Waals surface area contributed by atoms with Crippen molar-refractivity contribution in [1.82, 2.24) is 0 Å². The Morgan fingerprint density at radius 2 is 2.10 bits per heavy atom. The van der Waals surface area contributed by atoms with Crippen LogP contribution in [0.3, 0.4) is 0 Å². The monoisotopic (exact) mass is 152 g/mol. The fourth-order valence-corrected chi connectivity index (χ4v) is 1.61. The van der Waals surface area contributed by atoms with Gasteiger partial charge in [-0.3, -0.25) is 0 Å². The number of unbranched alkanes of at least 4 members (excludes halogenated alkanes) is 1. The first-order chi connectivity index (χ1) is 4.85. The van der Waals surface area contributed by atoms with Crippen LogP contribution in [0, 0.1) is 5.92 Å². The van der Waals surface area contributed by atoms with Gasteiger partial charge in [-0.15, -0.1) is 0 Å². The van der Waals surface area contributed by atoms with E-state index in [4.69, 9.17) is 5.11 Å². The zero-order valence-electron chi connectivity index (χ0n) is 7.27. The molecule has 0 amide bonds. The molecule has 1 N–H and O–H groups in total. The molecule has 1 nitrogen and oxygen atoms in total. The number of hydrogen-bond donors (Lipinski definition) is 1.